The molecule has 1 amide bonds. The van der Waals surface area contributed by atoms with E-state index >= 15 is 0 Å². The smallest absolute Gasteiger partial charge is 0.254 e. The van der Waals surface area contributed by atoms with Crippen molar-refractivity contribution in [2.75, 3.05) is 6.54 Å². The maximum atomic E-state index is 13.5. The standard InChI is InChI=1S/C28H32N2O2/c1-20-15-21(2)17-24(16-20)28(32)30-14-13-25(29-19-22-9-5-3-6-10-22)18-26(30)27(31)23-11-7-4-8-12-23/h3-12,15-17,25-27,29,31H,13-14,18-19H2,1-2H3/t25-,26+,27+/m0/s1. The van der Waals surface area contributed by atoms with Crippen molar-refractivity contribution >= 4 is 5.91 Å². The van der Waals surface area contributed by atoms with E-state index in [0.29, 0.717) is 18.5 Å². The van der Waals surface area contributed by atoms with Gasteiger partial charge in [0.1, 0.15) is 0 Å². The summed E-state index contributed by atoms with van der Waals surface area (Å²) in [5.74, 6) is -0.00158. The van der Waals surface area contributed by atoms with Gasteiger partial charge in [-0.25, -0.2) is 0 Å². The molecule has 4 heteroatoms. The number of carbonyl (C=O) groups excluding carboxylic acids is 1. The zero-order valence-electron chi connectivity index (χ0n) is 18.9. The molecular weight excluding hydrogens is 396 g/mol. The Balaban J connectivity index is 1.55. The van der Waals surface area contributed by atoms with Crippen LogP contribution in [0.3, 0.4) is 0 Å². The Bertz CT molecular complexity index is 1020. The number of benzene rings is 3. The summed E-state index contributed by atoms with van der Waals surface area (Å²) in [4.78, 5) is 15.4. The van der Waals surface area contributed by atoms with Gasteiger partial charge in [0, 0.05) is 24.7 Å². The molecule has 0 aliphatic carbocycles. The molecule has 0 bridgehead atoms. The van der Waals surface area contributed by atoms with E-state index in [1.165, 1.54) is 5.56 Å². The number of hydrogen-bond acceptors (Lipinski definition) is 3. The van der Waals surface area contributed by atoms with Crippen molar-refractivity contribution < 1.29 is 9.90 Å². The second-order valence-electron chi connectivity index (χ2n) is 8.89. The molecule has 3 aromatic carbocycles. The van der Waals surface area contributed by atoms with E-state index in [4.69, 9.17) is 0 Å². The average Bonchev–Trinajstić information content (AvgIpc) is 2.82. The van der Waals surface area contributed by atoms with Crippen LogP contribution in [0.4, 0.5) is 0 Å². The molecule has 32 heavy (non-hydrogen) atoms. The van der Waals surface area contributed by atoms with E-state index in [2.05, 4.69) is 23.5 Å². The third kappa shape index (κ3) is 5.26. The number of nitrogens with one attached hydrogen (secondary N) is 1. The molecule has 1 aliphatic heterocycles. The zero-order chi connectivity index (χ0) is 22.5. The molecule has 0 spiro atoms. The third-order valence-corrected chi connectivity index (χ3v) is 6.32. The predicted molar refractivity (Wildman–Crippen MR) is 128 cm³/mol. The molecule has 1 saturated heterocycles. The number of rotatable bonds is 6. The van der Waals surface area contributed by atoms with Crippen LogP contribution in [0.5, 0.6) is 0 Å². The highest BCUT2D eigenvalue weighted by Crippen LogP contribution is 2.30. The molecule has 1 aliphatic rings. The maximum absolute atomic E-state index is 13.5. The number of hydrogen-bond donors (Lipinski definition) is 2. The fourth-order valence-corrected chi connectivity index (χ4v) is 4.73. The molecule has 0 radical (unpaired) electrons. The quantitative estimate of drug-likeness (QED) is 0.593. The molecular formula is C28H32N2O2. The maximum Gasteiger partial charge on any atom is 0.254 e. The molecule has 166 valence electrons. The van der Waals surface area contributed by atoms with Crippen molar-refractivity contribution in [1.29, 1.82) is 0 Å². The lowest BCUT2D eigenvalue weighted by atomic mass is 9.89. The number of nitrogens with zero attached hydrogens (tertiary/aromatic N) is 1. The van der Waals surface area contributed by atoms with Gasteiger partial charge in [-0.05, 0) is 49.9 Å². The Morgan fingerprint density at radius 1 is 1.00 bits per heavy atom. The molecule has 3 aromatic rings. The molecule has 4 rings (SSSR count). The van der Waals surface area contributed by atoms with Crippen LogP contribution in [0.15, 0.2) is 78.9 Å². The van der Waals surface area contributed by atoms with Crippen molar-refractivity contribution in [3.63, 3.8) is 0 Å². The first kappa shape index (κ1) is 22.3. The fourth-order valence-electron chi connectivity index (χ4n) is 4.73. The Morgan fingerprint density at radius 2 is 1.62 bits per heavy atom. The van der Waals surface area contributed by atoms with Crippen LogP contribution in [0.2, 0.25) is 0 Å². The molecule has 4 nitrogen and oxygen atoms in total. The highest BCUT2D eigenvalue weighted by molar-refractivity contribution is 5.95. The topological polar surface area (TPSA) is 52.6 Å². The first-order valence-corrected chi connectivity index (χ1v) is 11.4. The SMILES string of the molecule is Cc1cc(C)cc(C(=O)N2CC[C@H](NCc3ccccc3)C[C@@H]2[C@H](O)c2ccccc2)c1. The largest absolute Gasteiger partial charge is 0.386 e. The van der Waals surface area contributed by atoms with Crippen LogP contribution in [-0.4, -0.2) is 34.5 Å². The summed E-state index contributed by atoms with van der Waals surface area (Å²) in [5.41, 5.74) is 4.94. The van der Waals surface area contributed by atoms with E-state index in [9.17, 15) is 9.90 Å². The first-order chi connectivity index (χ1) is 15.5. The summed E-state index contributed by atoms with van der Waals surface area (Å²) in [6.07, 6.45) is 0.841. The van der Waals surface area contributed by atoms with E-state index in [0.717, 1.165) is 29.7 Å². The van der Waals surface area contributed by atoms with Crippen molar-refractivity contribution in [2.45, 2.75) is 51.4 Å². The van der Waals surface area contributed by atoms with E-state index in [1.807, 2.05) is 79.4 Å². The summed E-state index contributed by atoms with van der Waals surface area (Å²) in [5, 5.41) is 14.9. The molecule has 0 aromatic heterocycles. The number of aliphatic hydroxyl groups is 1. The Morgan fingerprint density at radius 3 is 2.28 bits per heavy atom. The minimum absolute atomic E-state index is 0.00158. The molecule has 0 saturated carbocycles. The Labute approximate surface area is 190 Å². The van der Waals surface area contributed by atoms with E-state index in [1.54, 1.807) is 0 Å². The summed E-state index contributed by atoms with van der Waals surface area (Å²) in [7, 11) is 0. The zero-order valence-corrected chi connectivity index (χ0v) is 18.9. The van der Waals surface area contributed by atoms with Gasteiger partial charge in [-0.15, -0.1) is 0 Å². The van der Waals surface area contributed by atoms with Gasteiger partial charge in [-0.2, -0.15) is 0 Å². The van der Waals surface area contributed by atoms with Crippen LogP contribution < -0.4 is 5.32 Å². The molecule has 1 fully saturated rings. The summed E-state index contributed by atoms with van der Waals surface area (Å²) >= 11 is 0. The highest BCUT2D eigenvalue weighted by atomic mass is 16.3. The van der Waals surface area contributed by atoms with Gasteiger partial charge in [-0.3, -0.25) is 4.79 Å². The van der Waals surface area contributed by atoms with Crippen LogP contribution >= 0.6 is 0 Å². The number of amides is 1. The number of likely N-dealkylation sites (tertiary alicyclic amines) is 1. The van der Waals surface area contributed by atoms with Crippen LogP contribution in [0, 0.1) is 13.8 Å². The molecule has 3 atom stereocenters. The Kier molecular flexibility index (Phi) is 7.03. The van der Waals surface area contributed by atoms with Crippen molar-refractivity contribution in [2.24, 2.45) is 0 Å². The second-order valence-corrected chi connectivity index (χ2v) is 8.89. The number of aliphatic hydroxyl groups excluding tert-OH is 1. The summed E-state index contributed by atoms with van der Waals surface area (Å²) < 4.78 is 0. The van der Waals surface area contributed by atoms with Gasteiger partial charge in [-0.1, -0.05) is 77.9 Å². The lowest BCUT2D eigenvalue weighted by molar-refractivity contribution is 0.0144. The number of aryl methyl sites for hydroxylation is 2. The van der Waals surface area contributed by atoms with Crippen molar-refractivity contribution in [3.05, 3.63) is 107 Å². The van der Waals surface area contributed by atoms with Gasteiger partial charge >= 0.3 is 0 Å². The van der Waals surface area contributed by atoms with Gasteiger partial charge < -0.3 is 15.3 Å². The summed E-state index contributed by atoms with van der Waals surface area (Å²) in [6, 6.07) is 25.9. The third-order valence-electron chi connectivity index (χ3n) is 6.32. The lowest BCUT2D eigenvalue weighted by Crippen LogP contribution is -2.53. The number of piperidine rings is 1. The van der Waals surface area contributed by atoms with E-state index in [-0.39, 0.29) is 18.0 Å². The van der Waals surface area contributed by atoms with Crippen molar-refractivity contribution in [1.82, 2.24) is 10.2 Å². The average molecular weight is 429 g/mol. The van der Waals surface area contributed by atoms with Gasteiger partial charge in [0.15, 0.2) is 0 Å². The van der Waals surface area contributed by atoms with E-state index < -0.39 is 6.10 Å². The van der Waals surface area contributed by atoms with Crippen LogP contribution in [-0.2, 0) is 6.54 Å². The highest BCUT2D eigenvalue weighted by Gasteiger charge is 2.37. The molecule has 2 N–H and O–H groups in total. The molecule has 0 unspecified atom stereocenters. The fraction of sp³-hybridized carbons (Fsp3) is 0.321. The first-order valence-electron chi connectivity index (χ1n) is 11.4. The van der Waals surface area contributed by atoms with Crippen LogP contribution in [0.1, 0.15) is 51.6 Å². The number of carbonyl (C=O) groups is 1. The lowest BCUT2D eigenvalue weighted by Gasteiger charge is -2.42. The second kappa shape index (κ2) is 10.1. The molecule has 1 heterocycles. The minimum Gasteiger partial charge on any atom is -0.386 e. The van der Waals surface area contributed by atoms with Crippen LogP contribution in [0.25, 0.3) is 0 Å². The van der Waals surface area contributed by atoms with Gasteiger partial charge in [0.2, 0.25) is 0 Å². The van der Waals surface area contributed by atoms with Gasteiger partial charge in [0.05, 0.1) is 12.1 Å². The van der Waals surface area contributed by atoms with Gasteiger partial charge in [0.25, 0.3) is 5.91 Å². The normalized spacial score (nSPS) is 19.5. The predicted octanol–water partition coefficient (Wildman–Crippen LogP) is 4.80. The minimum atomic E-state index is -0.729. The monoisotopic (exact) mass is 428 g/mol. The van der Waals surface area contributed by atoms with Crippen molar-refractivity contribution in [3.8, 4) is 0 Å². The summed E-state index contributed by atoms with van der Waals surface area (Å²) in [6.45, 7) is 5.43. The Hall–Kier alpha value is -2.95.